The number of unbranched alkanes of at least 4 members (excludes halogenated alkanes) is 1. The van der Waals surface area contributed by atoms with Gasteiger partial charge in [0.15, 0.2) is 0 Å². The summed E-state index contributed by atoms with van der Waals surface area (Å²) in [5.74, 6) is 1.27. The molecule has 0 saturated heterocycles. The molecule has 2 rings (SSSR count). The molecule has 4 heteroatoms. The van der Waals surface area contributed by atoms with Crippen molar-refractivity contribution in [3.05, 3.63) is 42.5 Å². The molecule has 0 aromatic heterocycles. The molecule has 0 unspecified atom stereocenters. The molecule has 0 atom stereocenters. The van der Waals surface area contributed by atoms with E-state index < -0.39 is 0 Å². The number of hydrogen-bond acceptors (Lipinski definition) is 3. The quantitative estimate of drug-likeness (QED) is 0.820. The number of rotatable bonds is 6. The van der Waals surface area contributed by atoms with Crippen molar-refractivity contribution < 1.29 is 4.79 Å². The van der Waals surface area contributed by atoms with Gasteiger partial charge in [0, 0.05) is 17.5 Å². The monoisotopic (exact) mass is 284 g/mol. The van der Waals surface area contributed by atoms with Crippen LogP contribution in [-0.4, -0.2) is 17.4 Å². The molecular weight excluding hydrogens is 268 g/mol. The largest absolute Gasteiger partial charge is 0.325 e. The van der Waals surface area contributed by atoms with Crippen molar-refractivity contribution in [2.75, 3.05) is 16.8 Å². The van der Waals surface area contributed by atoms with Crippen LogP contribution in [0.15, 0.2) is 42.5 Å². The van der Waals surface area contributed by atoms with Gasteiger partial charge in [-0.1, -0.05) is 36.4 Å². The number of nitrogens with one attached hydrogen (secondary N) is 1. The van der Waals surface area contributed by atoms with E-state index in [1.54, 1.807) is 11.8 Å². The molecule has 1 amide bonds. The highest BCUT2D eigenvalue weighted by atomic mass is 32.2. The van der Waals surface area contributed by atoms with Gasteiger partial charge in [-0.25, -0.2) is 0 Å². The van der Waals surface area contributed by atoms with E-state index in [1.807, 2.05) is 42.5 Å². The maximum Gasteiger partial charge on any atom is 0.234 e. The first-order valence-electron chi connectivity index (χ1n) is 6.53. The van der Waals surface area contributed by atoms with Crippen molar-refractivity contribution in [1.82, 2.24) is 0 Å². The Bertz CT molecular complexity index is 628. The van der Waals surface area contributed by atoms with Crippen LogP contribution < -0.4 is 5.32 Å². The van der Waals surface area contributed by atoms with E-state index in [9.17, 15) is 4.79 Å². The van der Waals surface area contributed by atoms with Gasteiger partial charge in [-0.2, -0.15) is 17.0 Å². The van der Waals surface area contributed by atoms with Gasteiger partial charge in [0.25, 0.3) is 0 Å². The number of nitrogens with zero attached hydrogens (tertiary/aromatic N) is 1. The minimum absolute atomic E-state index is 0.00307. The SMILES string of the molecule is N#CCCCSCC(=O)Nc1cccc2ccccc12. The predicted molar refractivity (Wildman–Crippen MR) is 84.7 cm³/mol. The van der Waals surface area contributed by atoms with Crippen LogP contribution in [0, 0.1) is 11.3 Å². The van der Waals surface area contributed by atoms with E-state index in [2.05, 4.69) is 11.4 Å². The Labute approximate surface area is 123 Å². The number of benzene rings is 2. The molecule has 0 bridgehead atoms. The molecule has 0 heterocycles. The Hall–Kier alpha value is -1.99. The number of fused-ring (bicyclic) bond motifs is 1. The molecule has 20 heavy (non-hydrogen) atoms. The molecule has 3 nitrogen and oxygen atoms in total. The summed E-state index contributed by atoms with van der Waals surface area (Å²) in [5, 5.41) is 13.6. The number of hydrogen-bond donors (Lipinski definition) is 1. The zero-order chi connectivity index (χ0) is 14.2. The van der Waals surface area contributed by atoms with Gasteiger partial charge in [-0.3, -0.25) is 4.79 Å². The third-order valence-corrected chi connectivity index (χ3v) is 3.92. The first-order valence-corrected chi connectivity index (χ1v) is 7.69. The van der Waals surface area contributed by atoms with E-state index >= 15 is 0 Å². The molecule has 0 aliphatic rings. The van der Waals surface area contributed by atoms with Crippen molar-refractivity contribution in [2.45, 2.75) is 12.8 Å². The van der Waals surface area contributed by atoms with Crippen LogP contribution in [0.2, 0.25) is 0 Å². The molecule has 0 aliphatic heterocycles. The second-order valence-corrected chi connectivity index (χ2v) is 5.49. The van der Waals surface area contributed by atoms with Crippen LogP contribution in [0.3, 0.4) is 0 Å². The number of nitriles is 1. The Morgan fingerprint density at radius 2 is 2.00 bits per heavy atom. The Morgan fingerprint density at radius 1 is 1.20 bits per heavy atom. The Kier molecular flexibility index (Phi) is 5.45. The van der Waals surface area contributed by atoms with Gasteiger partial charge >= 0.3 is 0 Å². The van der Waals surface area contributed by atoms with E-state index in [-0.39, 0.29) is 5.91 Å². The van der Waals surface area contributed by atoms with Gasteiger partial charge in [-0.05, 0) is 23.6 Å². The van der Waals surface area contributed by atoms with Crippen LogP contribution in [0.5, 0.6) is 0 Å². The van der Waals surface area contributed by atoms with Gasteiger partial charge in [0.2, 0.25) is 5.91 Å². The minimum atomic E-state index is 0.00307. The molecule has 2 aromatic rings. The average Bonchev–Trinajstić information content (AvgIpc) is 2.47. The number of anilines is 1. The molecular formula is C16H16N2OS. The lowest BCUT2D eigenvalue weighted by Gasteiger charge is -2.08. The predicted octanol–water partition coefficient (Wildman–Crippen LogP) is 3.82. The topological polar surface area (TPSA) is 52.9 Å². The normalized spacial score (nSPS) is 10.2. The van der Waals surface area contributed by atoms with E-state index in [0.29, 0.717) is 12.2 Å². The molecule has 0 saturated carbocycles. The molecule has 102 valence electrons. The minimum Gasteiger partial charge on any atom is -0.325 e. The Balaban J connectivity index is 1.92. The molecule has 0 spiro atoms. The second-order valence-electron chi connectivity index (χ2n) is 4.39. The van der Waals surface area contributed by atoms with Crippen molar-refractivity contribution in [3.8, 4) is 6.07 Å². The maximum atomic E-state index is 11.9. The van der Waals surface area contributed by atoms with Crippen LogP contribution in [-0.2, 0) is 4.79 Å². The molecule has 1 N–H and O–H groups in total. The lowest BCUT2D eigenvalue weighted by Crippen LogP contribution is -2.14. The molecule has 2 aromatic carbocycles. The smallest absolute Gasteiger partial charge is 0.234 e. The zero-order valence-electron chi connectivity index (χ0n) is 11.1. The highest BCUT2D eigenvalue weighted by molar-refractivity contribution is 7.99. The molecule has 0 radical (unpaired) electrons. The van der Waals surface area contributed by atoms with Crippen LogP contribution in [0.4, 0.5) is 5.69 Å². The van der Waals surface area contributed by atoms with Crippen molar-refractivity contribution >= 4 is 34.1 Å². The van der Waals surface area contributed by atoms with Gasteiger partial charge in [0.1, 0.15) is 0 Å². The molecule has 0 fully saturated rings. The number of carbonyl (C=O) groups excluding carboxylic acids is 1. The summed E-state index contributed by atoms with van der Waals surface area (Å²) in [6.07, 6.45) is 1.39. The van der Waals surface area contributed by atoms with Gasteiger partial charge in [0.05, 0.1) is 11.8 Å². The van der Waals surface area contributed by atoms with Gasteiger partial charge in [-0.15, -0.1) is 0 Å². The Morgan fingerprint density at radius 3 is 2.85 bits per heavy atom. The first kappa shape index (κ1) is 14.4. The van der Waals surface area contributed by atoms with Crippen LogP contribution in [0.25, 0.3) is 10.8 Å². The summed E-state index contributed by atoms with van der Waals surface area (Å²) >= 11 is 1.56. The standard InChI is InChI=1S/C16H16N2OS/c17-10-3-4-11-20-12-16(19)18-15-9-5-7-13-6-1-2-8-14(13)15/h1-2,5-9H,3-4,11-12H2,(H,18,19). The van der Waals surface area contributed by atoms with E-state index in [4.69, 9.17) is 5.26 Å². The maximum absolute atomic E-state index is 11.9. The summed E-state index contributed by atoms with van der Waals surface area (Å²) < 4.78 is 0. The highest BCUT2D eigenvalue weighted by Crippen LogP contribution is 2.23. The first-order chi connectivity index (χ1) is 9.81. The fourth-order valence-electron chi connectivity index (χ4n) is 1.94. The third-order valence-electron chi connectivity index (χ3n) is 2.87. The summed E-state index contributed by atoms with van der Waals surface area (Å²) in [5.41, 5.74) is 0.853. The summed E-state index contributed by atoms with van der Waals surface area (Å²) in [6.45, 7) is 0. The zero-order valence-corrected chi connectivity index (χ0v) is 12.0. The summed E-state index contributed by atoms with van der Waals surface area (Å²) in [4.78, 5) is 11.9. The fraction of sp³-hybridized carbons (Fsp3) is 0.250. The van der Waals surface area contributed by atoms with Crippen LogP contribution >= 0.6 is 11.8 Å². The van der Waals surface area contributed by atoms with Gasteiger partial charge < -0.3 is 5.32 Å². The molecule has 0 aliphatic carbocycles. The number of amides is 1. The van der Waals surface area contributed by atoms with Crippen molar-refractivity contribution in [2.24, 2.45) is 0 Å². The average molecular weight is 284 g/mol. The van der Waals surface area contributed by atoms with Crippen LogP contribution in [0.1, 0.15) is 12.8 Å². The second kappa shape index (κ2) is 7.56. The summed E-state index contributed by atoms with van der Waals surface area (Å²) in [7, 11) is 0. The van der Waals surface area contributed by atoms with E-state index in [1.165, 1.54) is 0 Å². The number of thioether (sulfide) groups is 1. The van der Waals surface area contributed by atoms with Crippen molar-refractivity contribution in [1.29, 1.82) is 5.26 Å². The lowest BCUT2D eigenvalue weighted by atomic mass is 10.1. The third kappa shape index (κ3) is 4.01. The fourth-order valence-corrected chi connectivity index (χ4v) is 2.69. The van der Waals surface area contributed by atoms with E-state index in [0.717, 1.165) is 28.6 Å². The highest BCUT2D eigenvalue weighted by Gasteiger charge is 2.05. The summed E-state index contributed by atoms with van der Waals surface area (Å²) in [6, 6.07) is 16.0. The lowest BCUT2D eigenvalue weighted by molar-refractivity contribution is -0.113. The number of carbonyl (C=O) groups is 1. The van der Waals surface area contributed by atoms with Crippen molar-refractivity contribution in [3.63, 3.8) is 0 Å².